The van der Waals surface area contributed by atoms with Crippen molar-refractivity contribution in [1.82, 2.24) is 29.8 Å². The fourth-order valence-corrected chi connectivity index (χ4v) is 2.82. The Morgan fingerprint density at radius 2 is 1.92 bits per heavy atom. The average Bonchev–Trinajstić information content (AvgIpc) is 2.64. The molecule has 4 heterocycles. The summed E-state index contributed by atoms with van der Waals surface area (Å²) >= 11 is 0. The number of hydrogen-bond donors (Lipinski definition) is 0. The minimum atomic E-state index is -0.450. The number of aromatic nitrogens is 5. The lowest BCUT2D eigenvalue weighted by molar-refractivity contribution is 0.242. The van der Waals surface area contributed by atoms with Crippen molar-refractivity contribution in [3.05, 3.63) is 66.0 Å². The second-order valence-electron chi connectivity index (χ2n) is 5.74. The fraction of sp³-hybridized carbons (Fsp3) is 0.235. The topological polar surface area (TPSA) is 67.7 Å². The zero-order valence-corrected chi connectivity index (χ0v) is 12.9. The van der Waals surface area contributed by atoms with Gasteiger partial charge < -0.3 is 0 Å². The van der Waals surface area contributed by atoms with E-state index < -0.39 is 5.95 Å². The van der Waals surface area contributed by atoms with E-state index in [-0.39, 0.29) is 0 Å². The van der Waals surface area contributed by atoms with Crippen LogP contribution in [0.15, 0.2) is 43.2 Å². The maximum absolute atomic E-state index is 12.9. The smallest absolute Gasteiger partial charge is 0.212 e. The molecule has 0 amide bonds. The number of halogens is 1. The largest absolute Gasteiger partial charge is 0.294 e. The normalized spacial score (nSPS) is 14.4. The summed E-state index contributed by atoms with van der Waals surface area (Å²) in [6, 6.07) is 3.16. The quantitative estimate of drug-likeness (QED) is 0.687. The monoisotopic (exact) mass is 322 g/mol. The molecule has 3 aromatic heterocycles. The van der Waals surface area contributed by atoms with Gasteiger partial charge in [-0.2, -0.15) is 4.39 Å². The Kier molecular flexibility index (Phi) is 3.92. The zero-order valence-electron chi connectivity index (χ0n) is 12.9. The standard InChI is InChI=1S/C17H15FN6/c18-16-2-1-12(5-21-16)9-24-4-3-15-14(10-24)8-22-17(23-15)13-6-19-11-20-7-13/h1-2,5-8,11H,3-4,9-10H2. The van der Waals surface area contributed by atoms with Gasteiger partial charge in [0.1, 0.15) is 6.33 Å². The summed E-state index contributed by atoms with van der Waals surface area (Å²) in [7, 11) is 0. The molecule has 0 spiro atoms. The van der Waals surface area contributed by atoms with Crippen LogP contribution < -0.4 is 0 Å². The van der Waals surface area contributed by atoms with Gasteiger partial charge in [-0.1, -0.05) is 6.07 Å². The van der Waals surface area contributed by atoms with E-state index in [9.17, 15) is 4.39 Å². The summed E-state index contributed by atoms with van der Waals surface area (Å²) in [4.78, 5) is 23.1. The van der Waals surface area contributed by atoms with E-state index in [2.05, 4.69) is 29.8 Å². The van der Waals surface area contributed by atoms with Gasteiger partial charge in [-0.3, -0.25) is 4.90 Å². The minimum Gasteiger partial charge on any atom is -0.294 e. The van der Waals surface area contributed by atoms with Crippen molar-refractivity contribution < 1.29 is 4.39 Å². The molecule has 0 fully saturated rings. The molecule has 24 heavy (non-hydrogen) atoms. The van der Waals surface area contributed by atoms with E-state index in [0.717, 1.165) is 48.4 Å². The van der Waals surface area contributed by atoms with Crippen molar-refractivity contribution >= 4 is 0 Å². The van der Waals surface area contributed by atoms with Crippen LogP contribution in [0.25, 0.3) is 11.4 Å². The van der Waals surface area contributed by atoms with Crippen LogP contribution in [-0.2, 0) is 19.5 Å². The molecule has 0 atom stereocenters. The first-order chi connectivity index (χ1) is 11.8. The summed E-state index contributed by atoms with van der Waals surface area (Å²) in [5.74, 6) is 0.207. The van der Waals surface area contributed by atoms with E-state index >= 15 is 0 Å². The third-order valence-electron chi connectivity index (χ3n) is 4.03. The highest BCUT2D eigenvalue weighted by molar-refractivity contribution is 5.52. The highest BCUT2D eigenvalue weighted by Gasteiger charge is 2.19. The van der Waals surface area contributed by atoms with Gasteiger partial charge in [-0.15, -0.1) is 0 Å². The third kappa shape index (κ3) is 3.11. The van der Waals surface area contributed by atoms with Crippen molar-refractivity contribution in [2.24, 2.45) is 0 Å². The first kappa shape index (κ1) is 14.8. The van der Waals surface area contributed by atoms with Crippen LogP contribution >= 0.6 is 0 Å². The average molecular weight is 322 g/mol. The molecule has 120 valence electrons. The molecule has 4 rings (SSSR count). The summed E-state index contributed by atoms with van der Waals surface area (Å²) in [5.41, 5.74) is 4.01. The zero-order chi connectivity index (χ0) is 16.4. The maximum atomic E-state index is 12.9. The van der Waals surface area contributed by atoms with Crippen LogP contribution in [0.5, 0.6) is 0 Å². The van der Waals surface area contributed by atoms with Gasteiger partial charge in [0.15, 0.2) is 5.82 Å². The van der Waals surface area contributed by atoms with Crippen molar-refractivity contribution in [2.75, 3.05) is 6.54 Å². The van der Waals surface area contributed by atoms with Crippen LogP contribution in [0.4, 0.5) is 4.39 Å². The summed E-state index contributed by atoms with van der Waals surface area (Å²) in [5, 5.41) is 0. The molecular formula is C17H15FN6. The first-order valence-corrected chi connectivity index (χ1v) is 7.71. The van der Waals surface area contributed by atoms with E-state index in [1.54, 1.807) is 24.7 Å². The van der Waals surface area contributed by atoms with Crippen LogP contribution in [0.2, 0.25) is 0 Å². The third-order valence-corrected chi connectivity index (χ3v) is 4.03. The number of rotatable bonds is 3. The fourth-order valence-electron chi connectivity index (χ4n) is 2.82. The first-order valence-electron chi connectivity index (χ1n) is 7.71. The van der Waals surface area contributed by atoms with E-state index in [1.165, 1.54) is 12.4 Å². The lowest BCUT2D eigenvalue weighted by Crippen LogP contribution is -2.31. The molecule has 1 aliphatic rings. The Morgan fingerprint density at radius 1 is 1.04 bits per heavy atom. The van der Waals surface area contributed by atoms with Gasteiger partial charge >= 0.3 is 0 Å². The minimum absolute atomic E-state index is 0.450. The molecule has 0 aliphatic carbocycles. The van der Waals surface area contributed by atoms with E-state index in [0.29, 0.717) is 5.82 Å². The van der Waals surface area contributed by atoms with Crippen molar-refractivity contribution in [3.63, 3.8) is 0 Å². The number of hydrogen-bond acceptors (Lipinski definition) is 6. The maximum Gasteiger partial charge on any atom is 0.212 e. The molecule has 0 saturated carbocycles. The summed E-state index contributed by atoms with van der Waals surface area (Å²) in [6.45, 7) is 2.41. The molecule has 0 bridgehead atoms. The van der Waals surface area contributed by atoms with Gasteiger partial charge in [0.25, 0.3) is 0 Å². The summed E-state index contributed by atoms with van der Waals surface area (Å²) in [6.07, 6.45) is 9.23. The Hall–Kier alpha value is -2.80. The van der Waals surface area contributed by atoms with E-state index in [1.807, 2.05) is 6.20 Å². The Balaban J connectivity index is 1.50. The molecule has 0 saturated heterocycles. The van der Waals surface area contributed by atoms with Crippen LogP contribution in [0, 0.1) is 5.95 Å². The van der Waals surface area contributed by atoms with Crippen molar-refractivity contribution in [1.29, 1.82) is 0 Å². The van der Waals surface area contributed by atoms with Crippen LogP contribution in [0.3, 0.4) is 0 Å². The molecule has 0 unspecified atom stereocenters. The van der Waals surface area contributed by atoms with Crippen molar-refractivity contribution in [3.8, 4) is 11.4 Å². The highest BCUT2D eigenvalue weighted by Crippen LogP contribution is 2.21. The van der Waals surface area contributed by atoms with Gasteiger partial charge in [0.05, 0.1) is 11.3 Å². The molecule has 0 N–H and O–H groups in total. The lowest BCUT2D eigenvalue weighted by atomic mass is 10.1. The second-order valence-corrected chi connectivity index (χ2v) is 5.74. The molecule has 0 aromatic carbocycles. The van der Waals surface area contributed by atoms with Crippen LogP contribution in [0.1, 0.15) is 16.8 Å². The number of pyridine rings is 1. The Bertz CT molecular complexity index is 837. The molecule has 1 aliphatic heterocycles. The summed E-state index contributed by atoms with van der Waals surface area (Å²) < 4.78 is 12.9. The predicted molar refractivity (Wildman–Crippen MR) is 85.1 cm³/mol. The van der Waals surface area contributed by atoms with Gasteiger partial charge in [0, 0.05) is 56.4 Å². The Morgan fingerprint density at radius 3 is 2.71 bits per heavy atom. The molecule has 0 radical (unpaired) electrons. The van der Waals surface area contributed by atoms with E-state index in [4.69, 9.17) is 0 Å². The predicted octanol–water partition coefficient (Wildman–Crippen LogP) is 2.03. The van der Waals surface area contributed by atoms with Gasteiger partial charge in [-0.05, 0) is 11.6 Å². The number of nitrogens with zero attached hydrogens (tertiary/aromatic N) is 6. The molecule has 7 heteroatoms. The number of fused-ring (bicyclic) bond motifs is 1. The van der Waals surface area contributed by atoms with Crippen LogP contribution in [-0.4, -0.2) is 36.4 Å². The highest BCUT2D eigenvalue weighted by atomic mass is 19.1. The lowest BCUT2D eigenvalue weighted by Gasteiger charge is -2.27. The Labute approximate surface area is 138 Å². The van der Waals surface area contributed by atoms with Gasteiger partial charge in [0.2, 0.25) is 5.95 Å². The van der Waals surface area contributed by atoms with Gasteiger partial charge in [-0.25, -0.2) is 24.9 Å². The van der Waals surface area contributed by atoms with Crippen molar-refractivity contribution in [2.45, 2.75) is 19.5 Å². The molecule has 3 aromatic rings. The molecular weight excluding hydrogens is 307 g/mol. The SMILES string of the molecule is Fc1ccc(CN2CCc3nc(-c4cncnc4)ncc3C2)cn1. The second kappa shape index (κ2) is 6.37. The molecule has 6 nitrogen and oxygen atoms in total.